The van der Waals surface area contributed by atoms with Crippen LogP contribution in [0.3, 0.4) is 0 Å². The van der Waals surface area contributed by atoms with E-state index in [0.717, 1.165) is 21.8 Å². The third kappa shape index (κ3) is 6.62. The van der Waals surface area contributed by atoms with E-state index in [0.29, 0.717) is 26.2 Å². The second-order valence-electron chi connectivity index (χ2n) is 10.8. The van der Waals surface area contributed by atoms with Gasteiger partial charge in [-0.15, -0.1) is 22.7 Å². The van der Waals surface area contributed by atoms with Crippen molar-refractivity contribution in [1.29, 1.82) is 0 Å². The van der Waals surface area contributed by atoms with Crippen LogP contribution in [0, 0.1) is 0 Å². The summed E-state index contributed by atoms with van der Waals surface area (Å²) < 4.78 is 1.57. The maximum Gasteiger partial charge on any atom is 0.246 e. The molecule has 4 aliphatic rings. The van der Waals surface area contributed by atoms with E-state index in [-0.39, 0.29) is 23.7 Å². The Kier molecular flexibility index (Phi) is 9.47. The van der Waals surface area contributed by atoms with Gasteiger partial charge in [0, 0.05) is 74.3 Å². The zero-order valence-electron chi connectivity index (χ0n) is 23.8. The van der Waals surface area contributed by atoms with Crippen molar-refractivity contribution in [3.05, 3.63) is 115 Å². The third-order valence-electron chi connectivity index (χ3n) is 7.77. The molecule has 2 amide bonds. The van der Waals surface area contributed by atoms with Gasteiger partial charge >= 0.3 is 0 Å². The highest BCUT2D eigenvalue weighted by Crippen LogP contribution is 2.42. The average Bonchev–Trinajstić information content (AvgIpc) is 3.56. The predicted molar refractivity (Wildman–Crippen MR) is 175 cm³/mol. The lowest BCUT2D eigenvalue weighted by molar-refractivity contribution is -0.127. The van der Waals surface area contributed by atoms with Crippen molar-refractivity contribution in [3.8, 4) is 0 Å². The molecule has 0 bridgehead atoms. The summed E-state index contributed by atoms with van der Waals surface area (Å²) in [6.45, 7) is 11.6. The Morgan fingerprint density at radius 1 is 0.786 bits per heavy atom. The second-order valence-corrected chi connectivity index (χ2v) is 14.3. The monoisotopic (exact) mass is 640 g/mol. The van der Waals surface area contributed by atoms with Crippen LogP contribution in [0.25, 0.3) is 0 Å². The number of nitrogens with zero attached hydrogens (tertiary/aromatic N) is 4. The summed E-state index contributed by atoms with van der Waals surface area (Å²) in [5, 5.41) is 0. The Balaban J connectivity index is 0.000000168. The van der Waals surface area contributed by atoms with Crippen LogP contribution in [0.5, 0.6) is 0 Å². The largest absolute Gasteiger partial charge is 0.376 e. The van der Waals surface area contributed by atoms with Gasteiger partial charge in [-0.25, -0.2) is 0 Å². The van der Waals surface area contributed by atoms with Crippen molar-refractivity contribution in [3.63, 3.8) is 0 Å². The molecule has 4 aliphatic heterocycles. The number of hydrogen-bond acceptors (Lipinski definition) is 6. The molecular weight excluding hydrogens is 607 g/mol. The quantitative estimate of drug-likeness (QED) is 0.345. The highest BCUT2D eigenvalue weighted by molar-refractivity contribution is 7.16. The minimum atomic E-state index is -0.0242. The number of thiophene rings is 2. The van der Waals surface area contributed by atoms with E-state index in [1.807, 2.05) is 21.9 Å². The van der Waals surface area contributed by atoms with E-state index in [1.54, 1.807) is 22.7 Å². The molecule has 0 fully saturated rings. The van der Waals surface area contributed by atoms with Crippen molar-refractivity contribution in [2.75, 3.05) is 40.3 Å². The van der Waals surface area contributed by atoms with Crippen molar-refractivity contribution in [2.24, 2.45) is 0 Å². The number of fused-ring (bicyclic) bond motifs is 2. The molecular formula is C32H34Cl2N4O2S2. The van der Waals surface area contributed by atoms with Crippen LogP contribution >= 0.6 is 45.9 Å². The molecule has 6 heterocycles. The SMILES string of the molecule is C=CC(=O)N1Cc2sc(Cl)cc2[C@@H](C2=CN(C)CC=C2)C1.C=CC(=O)N1Cc2sc(Cl)cc2[C@H](C2=CN(C)CC=C2)C1. The number of hydrogen-bond donors (Lipinski definition) is 0. The van der Waals surface area contributed by atoms with E-state index < -0.39 is 0 Å². The minimum absolute atomic E-state index is 0.0242. The fourth-order valence-electron chi connectivity index (χ4n) is 5.75. The highest BCUT2D eigenvalue weighted by Gasteiger charge is 2.32. The average molecular weight is 642 g/mol. The number of rotatable bonds is 4. The molecule has 2 atom stereocenters. The lowest BCUT2D eigenvalue weighted by Gasteiger charge is -2.34. The lowest BCUT2D eigenvalue weighted by atomic mass is 9.87. The molecule has 0 aliphatic carbocycles. The molecule has 2 aromatic heterocycles. The first-order valence-corrected chi connectivity index (χ1v) is 16.1. The van der Waals surface area contributed by atoms with Crippen LogP contribution in [0.1, 0.15) is 32.7 Å². The number of amides is 2. The van der Waals surface area contributed by atoms with Crippen molar-refractivity contribution >= 4 is 57.7 Å². The molecule has 6 rings (SSSR count). The highest BCUT2D eigenvalue weighted by atomic mass is 35.5. The Hall–Kier alpha value is -3.04. The maximum atomic E-state index is 12.0. The van der Waals surface area contributed by atoms with Crippen LogP contribution in [0.4, 0.5) is 0 Å². The minimum Gasteiger partial charge on any atom is -0.376 e. The molecule has 0 saturated heterocycles. The van der Waals surface area contributed by atoms with E-state index >= 15 is 0 Å². The van der Waals surface area contributed by atoms with Gasteiger partial charge in [0.15, 0.2) is 0 Å². The zero-order chi connectivity index (χ0) is 30.0. The lowest BCUT2D eigenvalue weighted by Crippen LogP contribution is -2.37. The molecule has 220 valence electrons. The maximum absolute atomic E-state index is 12.0. The van der Waals surface area contributed by atoms with Crippen molar-refractivity contribution < 1.29 is 9.59 Å². The Morgan fingerprint density at radius 3 is 1.55 bits per heavy atom. The van der Waals surface area contributed by atoms with Crippen LogP contribution < -0.4 is 0 Å². The van der Waals surface area contributed by atoms with Gasteiger partial charge in [-0.2, -0.15) is 0 Å². The molecule has 6 nitrogen and oxygen atoms in total. The van der Waals surface area contributed by atoms with E-state index in [4.69, 9.17) is 23.2 Å². The predicted octanol–water partition coefficient (Wildman–Crippen LogP) is 6.80. The number of halogens is 2. The molecule has 0 spiro atoms. The summed E-state index contributed by atoms with van der Waals surface area (Å²) in [6, 6.07) is 4.09. The van der Waals surface area contributed by atoms with Gasteiger partial charge in [0.1, 0.15) is 0 Å². The standard InChI is InChI=1S/2C16H17ClN2OS/c2*1-3-16(20)19-9-13(11-5-4-6-18(2)8-11)12-7-15(17)21-14(12)10-19/h2*3-5,7-8,13H,1,6,9-10H2,2H3/t2*13-/m10/s1. The van der Waals surface area contributed by atoms with Crippen LogP contribution in [-0.4, -0.2) is 71.7 Å². The first-order chi connectivity index (χ1) is 20.2. The molecule has 0 aromatic carbocycles. The van der Waals surface area contributed by atoms with Gasteiger partial charge in [0.05, 0.1) is 21.8 Å². The molecule has 2 aromatic rings. The fourth-order valence-corrected chi connectivity index (χ4v) is 8.47. The van der Waals surface area contributed by atoms with Gasteiger partial charge < -0.3 is 19.6 Å². The molecule has 0 radical (unpaired) electrons. The molecule has 0 saturated carbocycles. The second kappa shape index (κ2) is 13.1. The zero-order valence-corrected chi connectivity index (χ0v) is 26.9. The topological polar surface area (TPSA) is 47.1 Å². The summed E-state index contributed by atoms with van der Waals surface area (Å²) in [6.07, 6.45) is 15.7. The summed E-state index contributed by atoms with van der Waals surface area (Å²) in [5.41, 5.74) is 4.95. The van der Waals surface area contributed by atoms with Crippen molar-refractivity contribution in [1.82, 2.24) is 19.6 Å². The van der Waals surface area contributed by atoms with E-state index in [9.17, 15) is 9.59 Å². The Labute approximate surface area is 265 Å². The molecule has 42 heavy (non-hydrogen) atoms. The first-order valence-electron chi connectivity index (χ1n) is 13.7. The van der Waals surface area contributed by atoms with E-state index in [1.165, 1.54) is 44.2 Å². The smallest absolute Gasteiger partial charge is 0.246 e. The normalized spacial score (nSPS) is 21.0. The Morgan fingerprint density at radius 2 is 1.19 bits per heavy atom. The summed E-state index contributed by atoms with van der Waals surface area (Å²) >= 11 is 15.5. The number of carbonyl (C=O) groups is 2. The van der Waals surface area contributed by atoms with Gasteiger partial charge in [-0.05, 0) is 46.6 Å². The van der Waals surface area contributed by atoms with Crippen LogP contribution in [0.15, 0.2) is 85.3 Å². The number of allylic oxidation sites excluding steroid dienone is 2. The molecule has 0 unspecified atom stereocenters. The first kappa shape index (κ1) is 30.4. The van der Waals surface area contributed by atoms with Gasteiger partial charge in [0.2, 0.25) is 11.8 Å². The Bertz CT molecular complexity index is 1410. The number of carbonyl (C=O) groups excluding carboxylic acids is 2. The summed E-state index contributed by atoms with van der Waals surface area (Å²) in [7, 11) is 4.11. The molecule has 10 heteroatoms. The summed E-state index contributed by atoms with van der Waals surface area (Å²) in [5.74, 6) is 0.314. The van der Waals surface area contributed by atoms with Crippen molar-refractivity contribution in [2.45, 2.75) is 24.9 Å². The molecule has 0 N–H and O–H groups in total. The fraction of sp³-hybridized carbons (Fsp3) is 0.312. The van der Waals surface area contributed by atoms with Gasteiger partial charge in [-0.3, -0.25) is 9.59 Å². The van der Waals surface area contributed by atoms with Crippen LogP contribution in [-0.2, 0) is 22.7 Å². The van der Waals surface area contributed by atoms with E-state index in [2.05, 4.69) is 73.8 Å². The summed E-state index contributed by atoms with van der Waals surface area (Å²) in [4.78, 5) is 34.4. The van der Waals surface area contributed by atoms with Gasteiger partial charge in [0.25, 0.3) is 0 Å². The van der Waals surface area contributed by atoms with Gasteiger partial charge in [-0.1, -0.05) is 60.7 Å². The number of likely N-dealkylation sites (N-methyl/N-ethyl adjacent to an activating group) is 2. The van der Waals surface area contributed by atoms with Crippen LogP contribution in [0.2, 0.25) is 8.67 Å². The third-order valence-corrected chi connectivity index (χ3v) is 10.3.